The summed E-state index contributed by atoms with van der Waals surface area (Å²) >= 11 is 18.2. The SMILES string of the molecule is CCC(=O)Oc1ccc(Cl)cc1C(C)Nc1ccc(Cl)cc1Cl. The molecule has 1 atom stereocenters. The highest BCUT2D eigenvalue weighted by molar-refractivity contribution is 6.36. The molecule has 0 fully saturated rings. The molecule has 0 radical (unpaired) electrons. The van der Waals surface area contributed by atoms with Gasteiger partial charge < -0.3 is 10.1 Å². The van der Waals surface area contributed by atoms with Crippen molar-refractivity contribution in [3.8, 4) is 5.75 Å². The standard InChI is InChI=1S/C17H16Cl3NO2/c1-3-17(22)23-16-7-5-11(18)8-13(16)10(2)21-15-6-4-12(19)9-14(15)20/h4-10,21H,3H2,1-2H3. The fourth-order valence-corrected chi connectivity index (χ4v) is 2.71. The molecule has 0 bridgehead atoms. The van der Waals surface area contributed by atoms with E-state index in [0.29, 0.717) is 27.2 Å². The monoisotopic (exact) mass is 371 g/mol. The van der Waals surface area contributed by atoms with Crippen molar-refractivity contribution in [1.29, 1.82) is 0 Å². The van der Waals surface area contributed by atoms with Crippen LogP contribution >= 0.6 is 34.8 Å². The summed E-state index contributed by atoms with van der Waals surface area (Å²) in [4.78, 5) is 11.6. The minimum Gasteiger partial charge on any atom is -0.426 e. The third-order valence-corrected chi connectivity index (χ3v) is 4.04. The van der Waals surface area contributed by atoms with Crippen LogP contribution in [0.1, 0.15) is 31.9 Å². The molecule has 6 heteroatoms. The topological polar surface area (TPSA) is 38.3 Å². The second kappa shape index (κ2) is 7.91. The zero-order chi connectivity index (χ0) is 17.0. The van der Waals surface area contributed by atoms with Crippen molar-refractivity contribution in [3.05, 3.63) is 57.0 Å². The highest BCUT2D eigenvalue weighted by atomic mass is 35.5. The zero-order valence-corrected chi connectivity index (χ0v) is 15.0. The van der Waals surface area contributed by atoms with Crippen LogP contribution in [0.25, 0.3) is 0 Å². The van der Waals surface area contributed by atoms with Crippen LogP contribution in [0.3, 0.4) is 0 Å². The Morgan fingerprint density at radius 2 is 1.78 bits per heavy atom. The van der Waals surface area contributed by atoms with Gasteiger partial charge in [0.15, 0.2) is 0 Å². The second-order valence-electron chi connectivity index (χ2n) is 5.00. The Kier molecular flexibility index (Phi) is 6.17. The number of esters is 1. The van der Waals surface area contributed by atoms with Crippen molar-refractivity contribution in [2.45, 2.75) is 26.3 Å². The summed E-state index contributed by atoms with van der Waals surface area (Å²) in [5.74, 6) is 0.177. The molecule has 0 heterocycles. The van der Waals surface area contributed by atoms with Crippen LogP contribution in [0.4, 0.5) is 5.69 Å². The van der Waals surface area contributed by atoms with Crippen LogP contribution in [0.5, 0.6) is 5.75 Å². The van der Waals surface area contributed by atoms with E-state index in [2.05, 4.69) is 5.32 Å². The first kappa shape index (κ1) is 17.9. The first-order chi connectivity index (χ1) is 10.9. The van der Waals surface area contributed by atoms with Crippen LogP contribution in [0.2, 0.25) is 15.1 Å². The Bertz CT molecular complexity index is 719. The largest absolute Gasteiger partial charge is 0.426 e. The maximum Gasteiger partial charge on any atom is 0.310 e. The van der Waals surface area contributed by atoms with E-state index in [9.17, 15) is 4.79 Å². The van der Waals surface area contributed by atoms with Gasteiger partial charge in [-0.1, -0.05) is 41.7 Å². The van der Waals surface area contributed by atoms with E-state index in [-0.39, 0.29) is 12.0 Å². The van der Waals surface area contributed by atoms with Gasteiger partial charge in [0.2, 0.25) is 0 Å². The van der Waals surface area contributed by atoms with Gasteiger partial charge >= 0.3 is 5.97 Å². The molecule has 122 valence electrons. The third kappa shape index (κ3) is 4.77. The molecule has 0 aliphatic rings. The van der Waals surface area contributed by atoms with Crippen LogP contribution < -0.4 is 10.1 Å². The first-order valence-electron chi connectivity index (χ1n) is 7.12. The van der Waals surface area contributed by atoms with Gasteiger partial charge in [-0.2, -0.15) is 0 Å². The van der Waals surface area contributed by atoms with Crippen LogP contribution in [0.15, 0.2) is 36.4 Å². The predicted molar refractivity (Wildman–Crippen MR) is 95.9 cm³/mol. The van der Waals surface area contributed by atoms with E-state index in [0.717, 1.165) is 11.3 Å². The third-order valence-electron chi connectivity index (χ3n) is 3.25. The Hall–Kier alpha value is -1.42. The number of halogens is 3. The molecule has 0 aromatic heterocycles. The number of nitrogens with one attached hydrogen (secondary N) is 1. The number of carbonyl (C=O) groups is 1. The number of rotatable bonds is 5. The molecule has 2 aromatic carbocycles. The lowest BCUT2D eigenvalue weighted by atomic mass is 10.1. The highest BCUT2D eigenvalue weighted by Crippen LogP contribution is 2.33. The lowest BCUT2D eigenvalue weighted by molar-refractivity contribution is -0.134. The molecular formula is C17H16Cl3NO2. The number of hydrogen-bond donors (Lipinski definition) is 1. The van der Waals surface area contributed by atoms with Gasteiger partial charge in [0.1, 0.15) is 5.75 Å². The molecule has 0 aliphatic heterocycles. The normalized spacial score (nSPS) is 11.9. The predicted octanol–water partition coefficient (Wildman–Crippen LogP) is 6.14. The van der Waals surface area contributed by atoms with Gasteiger partial charge in [0.05, 0.1) is 16.8 Å². The fraction of sp³-hybridized carbons (Fsp3) is 0.235. The lowest BCUT2D eigenvalue weighted by Crippen LogP contribution is -2.12. The number of anilines is 1. The van der Waals surface area contributed by atoms with Crippen molar-refractivity contribution in [3.63, 3.8) is 0 Å². The van der Waals surface area contributed by atoms with E-state index in [1.165, 1.54) is 0 Å². The molecule has 0 saturated heterocycles. The van der Waals surface area contributed by atoms with Gasteiger partial charge in [-0.05, 0) is 43.3 Å². The van der Waals surface area contributed by atoms with E-state index in [1.54, 1.807) is 43.3 Å². The molecule has 1 unspecified atom stereocenters. The van der Waals surface area contributed by atoms with Crippen molar-refractivity contribution < 1.29 is 9.53 Å². The lowest BCUT2D eigenvalue weighted by Gasteiger charge is -2.20. The molecule has 0 amide bonds. The minimum absolute atomic E-state index is 0.174. The van der Waals surface area contributed by atoms with Crippen molar-refractivity contribution in [1.82, 2.24) is 0 Å². The molecule has 0 spiro atoms. The Morgan fingerprint density at radius 1 is 1.13 bits per heavy atom. The number of ether oxygens (including phenoxy) is 1. The number of hydrogen-bond acceptors (Lipinski definition) is 3. The quantitative estimate of drug-likeness (QED) is 0.506. The van der Waals surface area contributed by atoms with Crippen molar-refractivity contribution in [2.24, 2.45) is 0 Å². The highest BCUT2D eigenvalue weighted by Gasteiger charge is 2.16. The first-order valence-corrected chi connectivity index (χ1v) is 8.25. The average molecular weight is 373 g/mol. The van der Waals surface area contributed by atoms with E-state index in [4.69, 9.17) is 39.5 Å². The molecule has 0 aliphatic carbocycles. The number of carbonyl (C=O) groups excluding carboxylic acids is 1. The van der Waals surface area contributed by atoms with E-state index >= 15 is 0 Å². The second-order valence-corrected chi connectivity index (χ2v) is 6.28. The van der Waals surface area contributed by atoms with Gasteiger partial charge in [0.25, 0.3) is 0 Å². The summed E-state index contributed by atoms with van der Waals surface area (Å²) in [6.07, 6.45) is 0.299. The van der Waals surface area contributed by atoms with Gasteiger partial charge in [-0.25, -0.2) is 0 Å². The molecule has 2 aromatic rings. The van der Waals surface area contributed by atoms with Crippen LogP contribution in [-0.4, -0.2) is 5.97 Å². The molecule has 23 heavy (non-hydrogen) atoms. The van der Waals surface area contributed by atoms with Crippen LogP contribution in [-0.2, 0) is 4.79 Å². The maximum absolute atomic E-state index is 11.6. The van der Waals surface area contributed by atoms with Gasteiger partial charge in [-0.3, -0.25) is 4.79 Å². The van der Waals surface area contributed by atoms with E-state index < -0.39 is 0 Å². The smallest absolute Gasteiger partial charge is 0.310 e. The maximum atomic E-state index is 11.6. The van der Waals surface area contributed by atoms with Gasteiger partial charge in [-0.15, -0.1) is 0 Å². The van der Waals surface area contributed by atoms with Crippen LogP contribution in [0, 0.1) is 0 Å². The summed E-state index contributed by atoms with van der Waals surface area (Å²) in [5.41, 5.74) is 1.50. The fourth-order valence-electron chi connectivity index (χ4n) is 2.06. The summed E-state index contributed by atoms with van der Waals surface area (Å²) < 4.78 is 5.37. The Labute approximate surface area is 150 Å². The van der Waals surface area contributed by atoms with E-state index in [1.807, 2.05) is 6.92 Å². The zero-order valence-electron chi connectivity index (χ0n) is 12.7. The van der Waals surface area contributed by atoms with Gasteiger partial charge in [0, 0.05) is 22.0 Å². The average Bonchev–Trinajstić information content (AvgIpc) is 2.51. The Morgan fingerprint density at radius 3 is 2.43 bits per heavy atom. The summed E-state index contributed by atoms with van der Waals surface area (Å²) in [7, 11) is 0. The molecular weight excluding hydrogens is 357 g/mol. The molecule has 2 rings (SSSR count). The van der Waals surface area contributed by atoms with Crippen molar-refractivity contribution >= 4 is 46.5 Å². The molecule has 3 nitrogen and oxygen atoms in total. The van der Waals surface area contributed by atoms with Crippen molar-refractivity contribution in [2.75, 3.05) is 5.32 Å². The molecule has 0 saturated carbocycles. The Balaban J connectivity index is 2.28. The summed E-state index contributed by atoms with van der Waals surface area (Å²) in [5, 5.41) is 4.91. The summed E-state index contributed by atoms with van der Waals surface area (Å²) in [6.45, 7) is 3.67. The number of benzene rings is 2. The molecule has 1 N–H and O–H groups in total. The minimum atomic E-state index is -0.301. The summed E-state index contributed by atoms with van der Waals surface area (Å²) in [6, 6.07) is 10.2.